The molecule has 2 N–H and O–H groups in total. The van der Waals surface area contributed by atoms with E-state index in [9.17, 15) is 14.7 Å². The van der Waals surface area contributed by atoms with E-state index in [2.05, 4.69) is 5.32 Å². The van der Waals surface area contributed by atoms with E-state index in [0.717, 1.165) is 5.56 Å². The average molecular weight is 357 g/mol. The summed E-state index contributed by atoms with van der Waals surface area (Å²) in [4.78, 5) is 23.7. The van der Waals surface area contributed by atoms with Crippen LogP contribution in [0.3, 0.4) is 0 Å². The quantitative estimate of drug-likeness (QED) is 0.707. The van der Waals surface area contributed by atoms with Gasteiger partial charge < -0.3 is 19.9 Å². The molecule has 0 fully saturated rings. The van der Waals surface area contributed by atoms with Crippen LogP contribution in [-0.4, -0.2) is 36.4 Å². The lowest BCUT2D eigenvalue weighted by molar-refractivity contribution is -0.153. The Labute approximate surface area is 152 Å². The summed E-state index contributed by atoms with van der Waals surface area (Å²) in [7, 11) is 0. The van der Waals surface area contributed by atoms with E-state index >= 15 is 0 Å². The van der Waals surface area contributed by atoms with Crippen molar-refractivity contribution < 1.29 is 24.2 Å². The van der Waals surface area contributed by atoms with E-state index < -0.39 is 24.1 Å². The van der Waals surface area contributed by atoms with Crippen LogP contribution in [0.15, 0.2) is 54.6 Å². The van der Waals surface area contributed by atoms with Crippen LogP contribution in [0.1, 0.15) is 35.8 Å². The Kier molecular flexibility index (Phi) is 7.17. The van der Waals surface area contributed by atoms with Gasteiger partial charge in [-0.15, -0.1) is 0 Å². The molecule has 0 heterocycles. The minimum atomic E-state index is -1.37. The van der Waals surface area contributed by atoms with E-state index in [1.54, 1.807) is 38.1 Å². The largest absolute Gasteiger partial charge is 0.464 e. The Bertz CT molecular complexity index is 715. The van der Waals surface area contributed by atoms with Crippen molar-refractivity contribution in [2.24, 2.45) is 0 Å². The number of carbonyl (C=O) groups is 2. The van der Waals surface area contributed by atoms with Crippen molar-refractivity contribution in [1.82, 2.24) is 0 Å². The van der Waals surface area contributed by atoms with Gasteiger partial charge in [-0.3, -0.25) is 0 Å². The summed E-state index contributed by atoms with van der Waals surface area (Å²) in [6.45, 7) is 3.92. The van der Waals surface area contributed by atoms with Crippen molar-refractivity contribution in [2.75, 3.05) is 18.5 Å². The van der Waals surface area contributed by atoms with E-state index in [-0.39, 0.29) is 6.61 Å². The number of benzene rings is 2. The van der Waals surface area contributed by atoms with Gasteiger partial charge in [0.25, 0.3) is 0 Å². The molecule has 6 nitrogen and oxygen atoms in total. The molecule has 138 valence electrons. The molecule has 0 aliphatic carbocycles. The van der Waals surface area contributed by atoms with Crippen molar-refractivity contribution in [1.29, 1.82) is 0 Å². The predicted molar refractivity (Wildman–Crippen MR) is 97.8 cm³/mol. The highest BCUT2D eigenvalue weighted by molar-refractivity contribution is 5.89. The molecule has 0 saturated carbocycles. The first-order valence-corrected chi connectivity index (χ1v) is 8.50. The minimum absolute atomic E-state index is 0.186. The number of hydrogen-bond donors (Lipinski definition) is 2. The average Bonchev–Trinajstić information content (AvgIpc) is 2.67. The number of rotatable bonds is 8. The Hall–Kier alpha value is -2.86. The molecule has 6 heteroatoms. The first kappa shape index (κ1) is 19.5. The first-order valence-electron chi connectivity index (χ1n) is 8.50. The van der Waals surface area contributed by atoms with Gasteiger partial charge in [0.2, 0.25) is 0 Å². The van der Waals surface area contributed by atoms with Crippen LogP contribution in [-0.2, 0) is 14.3 Å². The molecule has 0 saturated heterocycles. The number of aliphatic hydroxyl groups excluding tert-OH is 1. The molecule has 2 aromatic carbocycles. The molecule has 0 radical (unpaired) electrons. The summed E-state index contributed by atoms with van der Waals surface area (Å²) >= 11 is 0. The third-order valence-electron chi connectivity index (χ3n) is 3.72. The van der Waals surface area contributed by atoms with Crippen molar-refractivity contribution >= 4 is 17.6 Å². The lowest BCUT2D eigenvalue weighted by Crippen LogP contribution is -2.34. The molecule has 2 atom stereocenters. The highest BCUT2D eigenvalue weighted by Crippen LogP contribution is 2.24. The maximum absolute atomic E-state index is 12.0. The second kappa shape index (κ2) is 9.58. The third-order valence-corrected chi connectivity index (χ3v) is 3.72. The van der Waals surface area contributed by atoms with Crippen LogP contribution in [0, 0.1) is 0 Å². The lowest BCUT2D eigenvalue weighted by atomic mass is 10.0. The Morgan fingerprint density at radius 3 is 2.15 bits per heavy atom. The number of ether oxygens (including phenoxy) is 2. The van der Waals surface area contributed by atoms with Crippen LogP contribution >= 0.6 is 0 Å². The van der Waals surface area contributed by atoms with Gasteiger partial charge in [-0.1, -0.05) is 30.3 Å². The zero-order chi connectivity index (χ0) is 18.9. The van der Waals surface area contributed by atoms with Crippen LogP contribution in [0.4, 0.5) is 5.69 Å². The molecule has 0 bridgehead atoms. The van der Waals surface area contributed by atoms with Crippen LogP contribution in [0.5, 0.6) is 0 Å². The summed E-state index contributed by atoms with van der Waals surface area (Å²) in [6, 6.07) is 15.1. The van der Waals surface area contributed by atoms with E-state index in [1.807, 2.05) is 30.3 Å². The van der Waals surface area contributed by atoms with Gasteiger partial charge in [0.1, 0.15) is 0 Å². The molecule has 2 aromatic rings. The second-order valence-electron chi connectivity index (χ2n) is 5.53. The fraction of sp³-hybridized carbons (Fsp3) is 0.300. The zero-order valence-corrected chi connectivity index (χ0v) is 14.8. The topological polar surface area (TPSA) is 84.9 Å². The number of nitrogens with one attached hydrogen (secondary N) is 1. The van der Waals surface area contributed by atoms with Crippen LogP contribution in [0.25, 0.3) is 0 Å². The maximum atomic E-state index is 12.0. The highest BCUT2D eigenvalue weighted by atomic mass is 16.5. The monoisotopic (exact) mass is 357 g/mol. The Balaban J connectivity index is 2.21. The van der Waals surface area contributed by atoms with Crippen molar-refractivity contribution in [3.63, 3.8) is 0 Å². The molecule has 2 rings (SSSR count). The van der Waals surface area contributed by atoms with E-state index in [4.69, 9.17) is 9.47 Å². The number of anilines is 1. The summed E-state index contributed by atoms with van der Waals surface area (Å²) in [5.41, 5.74) is 1.82. The molecule has 0 unspecified atom stereocenters. The molecule has 0 aromatic heterocycles. The molecule has 26 heavy (non-hydrogen) atoms. The lowest BCUT2D eigenvalue weighted by Gasteiger charge is -2.24. The summed E-state index contributed by atoms with van der Waals surface area (Å²) in [6.07, 6.45) is -1.37. The van der Waals surface area contributed by atoms with E-state index in [1.165, 1.54) is 0 Å². The predicted octanol–water partition coefficient (Wildman–Crippen LogP) is 2.94. The molecule has 0 spiro atoms. The van der Waals surface area contributed by atoms with Crippen molar-refractivity contribution in [2.45, 2.75) is 26.0 Å². The number of esters is 2. The number of aliphatic hydroxyl groups is 1. The van der Waals surface area contributed by atoms with Gasteiger partial charge in [-0.25, -0.2) is 9.59 Å². The number of carbonyl (C=O) groups excluding carboxylic acids is 2. The highest BCUT2D eigenvalue weighted by Gasteiger charge is 2.28. The van der Waals surface area contributed by atoms with Gasteiger partial charge in [-0.2, -0.15) is 0 Å². The molecular weight excluding hydrogens is 334 g/mol. The Morgan fingerprint density at radius 2 is 1.58 bits per heavy atom. The van der Waals surface area contributed by atoms with E-state index in [0.29, 0.717) is 17.9 Å². The smallest absolute Gasteiger partial charge is 0.338 e. The number of hydrogen-bond acceptors (Lipinski definition) is 6. The SMILES string of the molecule is CCOC(=O)c1ccc(N[C@H](c2ccccc2)[C@@H](O)C(=O)OCC)cc1. The molecular formula is C20H23NO5. The first-order chi connectivity index (χ1) is 12.6. The van der Waals surface area contributed by atoms with Gasteiger partial charge in [0, 0.05) is 5.69 Å². The standard InChI is InChI=1S/C20H23NO5/c1-3-25-19(23)15-10-12-16(13-11-15)21-17(14-8-6-5-7-9-14)18(22)20(24)26-4-2/h5-13,17-18,21-22H,3-4H2,1-2H3/t17-,18-/m1/s1. The normalized spacial score (nSPS) is 12.7. The summed E-state index contributed by atoms with van der Waals surface area (Å²) < 4.78 is 9.89. The van der Waals surface area contributed by atoms with Crippen molar-refractivity contribution in [3.8, 4) is 0 Å². The zero-order valence-electron chi connectivity index (χ0n) is 14.8. The van der Waals surface area contributed by atoms with Gasteiger partial charge in [0.05, 0.1) is 24.8 Å². The third kappa shape index (κ3) is 5.07. The van der Waals surface area contributed by atoms with Crippen molar-refractivity contribution in [3.05, 3.63) is 65.7 Å². The van der Waals surface area contributed by atoms with Gasteiger partial charge in [-0.05, 0) is 43.7 Å². The van der Waals surface area contributed by atoms with Gasteiger partial charge in [0.15, 0.2) is 6.10 Å². The maximum Gasteiger partial charge on any atom is 0.338 e. The molecule has 0 aliphatic rings. The molecule has 0 aliphatic heterocycles. The van der Waals surface area contributed by atoms with Crippen LogP contribution < -0.4 is 5.32 Å². The minimum Gasteiger partial charge on any atom is -0.464 e. The van der Waals surface area contributed by atoms with Gasteiger partial charge >= 0.3 is 11.9 Å². The van der Waals surface area contributed by atoms with Crippen LogP contribution in [0.2, 0.25) is 0 Å². The molecule has 0 amide bonds. The fourth-order valence-electron chi connectivity index (χ4n) is 2.47. The Morgan fingerprint density at radius 1 is 0.962 bits per heavy atom. The second-order valence-corrected chi connectivity index (χ2v) is 5.53. The summed E-state index contributed by atoms with van der Waals surface area (Å²) in [5, 5.41) is 13.6. The fourth-order valence-corrected chi connectivity index (χ4v) is 2.47. The summed E-state index contributed by atoms with van der Waals surface area (Å²) in [5.74, 6) is -1.10.